The van der Waals surface area contributed by atoms with Crippen molar-refractivity contribution < 1.29 is 0 Å². The Morgan fingerprint density at radius 3 is 2.76 bits per heavy atom. The monoisotopic (exact) mass is 321 g/mol. The van der Waals surface area contributed by atoms with E-state index in [2.05, 4.69) is 67.0 Å². The lowest BCUT2D eigenvalue weighted by atomic mass is 9.74. The van der Waals surface area contributed by atoms with Crippen LogP contribution in [0.25, 0.3) is 0 Å². The van der Waals surface area contributed by atoms with Crippen LogP contribution < -0.4 is 5.32 Å². The zero-order valence-corrected chi connectivity index (χ0v) is 14.8. The van der Waals surface area contributed by atoms with Crippen molar-refractivity contribution in [1.29, 1.82) is 0 Å². The normalized spacial score (nSPS) is 29.5. The quantitative estimate of drug-likeness (QED) is 0.838. The molecule has 2 aliphatic rings. The predicted molar refractivity (Wildman–Crippen MR) is 97.8 cm³/mol. The van der Waals surface area contributed by atoms with E-state index in [1.54, 1.807) is 11.1 Å². The fourth-order valence-corrected chi connectivity index (χ4v) is 7.06. The van der Waals surface area contributed by atoms with E-state index >= 15 is 0 Å². The standard InChI is InChI=1S/C18H27NS2/c1-3-17-18(21-10-9-20-17)16(19-4-2)12-14-11-13-7-5-6-8-15(13)14/h5-8,14,16-19H,3-4,9-12H2,1-2H3. The summed E-state index contributed by atoms with van der Waals surface area (Å²) in [6.45, 7) is 5.71. The van der Waals surface area contributed by atoms with Crippen molar-refractivity contribution >= 4 is 23.5 Å². The van der Waals surface area contributed by atoms with Crippen molar-refractivity contribution in [3.8, 4) is 0 Å². The molecule has 1 nitrogen and oxygen atoms in total. The fourth-order valence-electron chi connectivity index (χ4n) is 3.79. The van der Waals surface area contributed by atoms with Gasteiger partial charge in [0.1, 0.15) is 0 Å². The maximum absolute atomic E-state index is 3.81. The van der Waals surface area contributed by atoms with E-state index < -0.39 is 0 Å². The van der Waals surface area contributed by atoms with E-state index in [4.69, 9.17) is 0 Å². The van der Waals surface area contributed by atoms with E-state index in [0.29, 0.717) is 6.04 Å². The summed E-state index contributed by atoms with van der Waals surface area (Å²) in [5.74, 6) is 3.45. The Hall–Kier alpha value is -0.120. The van der Waals surface area contributed by atoms with E-state index in [1.807, 2.05) is 0 Å². The van der Waals surface area contributed by atoms with E-state index in [1.165, 1.54) is 30.8 Å². The van der Waals surface area contributed by atoms with Crippen molar-refractivity contribution in [1.82, 2.24) is 5.32 Å². The highest BCUT2D eigenvalue weighted by Crippen LogP contribution is 2.42. The SMILES string of the molecule is CCNC(CC1Cc2ccccc21)C1SCCSC1CC. The molecule has 3 rings (SSSR count). The smallest absolute Gasteiger partial charge is 0.0320 e. The van der Waals surface area contributed by atoms with Crippen LogP contribution in [-0.2, 0) is 6.42 Å². The molecule has 21 heavy (non-hydrogen) atoms. The third kappa shape index (κ3) is 3.46. The lowest BCUT2D eigenvalue weighted by Gasteiger charge is -2.40. The average molecular weight is 322 g/mol. The molecule has 1 heterocycles. The zero-order chi connectivity index (χ0) is 14.7. The van der Waals surface area contributed by atoms with E-state index in [0.717, 1.165) is 23.0 Å². The van der Waals surface area contributed by atoms with Crippen molar-refractivity contribution in [3.63, 3.8) is 0 Å². The molecule has 4 atom stereocenters. The van der Waals surface area contributed by atoms with Gasteiger partial charge in [0.25, 0.3) is 0 Å². The van der Waals surface area contributed by atoms with Crippen LogP contribution in [0.5, 0.6) is 0 Å². The van der Waals surface area contributed by atoms with Gasteiger partial charge in [-0.05, 0) is 42.9 Å². The molecule has 0 saturated carbocycles. The lowest BCUT2D eigenvalue weighted by Crippen LogP contribution is -2.46. The van der Waals surface area contributed by atoms with Crippen LogP contribution in [0.4, 0.5) is 0 Å². The largest absolute Gasteiger partial charge is 0.313 e. The minimum atomic E-state index is 0.677. The summed E-state index contributed by atoms with van der Waals surface area (Å²) in [5, 5.41) is 5.44. The summed E-state index contributed by atoms with van der Waals surface area (Å²) < 4.78 is 0. The summed E-state index contributed by atoms with van der Waals surface area (Å²) in [6, 6.07) is 9.70. The number of thioether (sulfide) groups is 2. The Labute approximate surface area is 138 Å². The Bertz CT molecular complexity index is 462. The summed E-state index contributed by atoms with van der Waals surface area (Å²) >= 11 is 4.42. The second-order valence-electron chi connectivity index (χ2n) is 6.15. The Morgan fingerprint density at radius 2 is 2.00 bits per heavy atom. The van der Waals surface area contributed by atoms with Crippen LogP contribution in [-0.4, -0.2) is 34.6 Å². The molecule has 3 heteroatoms. The number of rotatable bonds is 6. The summed E-state index contributed by atoms with van der Waals surface area (Å²) in [4.78, 5) is 0. The minimum Gasteiger partial charge on any atom is -0.313 e. The molecule has 1 aromatic carbocycles. The second kappa shape index (κ2) is 7.43. The van der Waals surface area contributed by atoms with Gasteiger partial charge >= 0.3 is 0 Å². The Morgan fingerprint density at radius 1 is 1.19 bits per heavy atom. The van der Waals surface area contributed by atoms with Crippen LogP contribution in [0.1, 0.15) is 43.7 Å². The number of hydrogen-bond acceptors (Lipinski definition) is 3. The van der Waals surface area contributed by atoms with Gasteiger partial charge < -0.3 is 5.32 Å². The van der Waals surface area contributed by atoms with Crippen molar-refractivity contribution in [2.75, 3.05) is 18.1 Å². The van der Waals surface area contributed by atoms with Crippen molar-refractivity contribution in [2.45, 2.75) is 55.6 Å². The van der Waals surface area contributed by atoms with Gasteiger partial charge in [0, 0.05) is 28.0 Å². The molecular weight excluding hydrogens is 294 g/mol. The third-order valence-electron chi connectivity index (χ3n) is 4.86. The number of fused-ring (bicyclic) bond motifs is 1. The predicted octanol–water partition coefficient (Wildman–Crippen LogP) is 4.32. The molecule has 1 saturated heterocycles. The van der Waals surface area contributed by atoms with E-state index in [-0.39, 0.29) is 0 Å². The van der Waals surface area contributed by atoms with Gasteiger partial charge in [-0.3, -0.25) is 0 Å². The Kier molecular flexibility index (Phi) is 5.58. The van der Waals surface area contributed by atoms with E-state index in [9.17, 15) is 0 Å². The molecule has 0 radical (unpaired) electrons. The third-order valence-corrected chi connectivity index (χ3v) is 8.26. The number of benzene rings is 1. The van der Waals surface area contributed by atoms with Gasteiger partial charge in [-0.25, -0.2) is 0 Å². The first-order chi connectivity index (χ1) is 10.3. The maximum atomic E-state index is 3.81. The summed E-state index contributed by atoms with van der Waals surface area (Å²) in [6.07, 6.45) is 3.92. The molecule has 0 amide bonds. The first kappa shape index (κ1) is 15.8. The van der Waals surface area contributed by atoms with Crippen LogP contribution in [0.3, 0.4) is 0 Å². The molecule has 116 valence electrons. The molecule has 1 aliphatic carbocycles. The van der Waals surface area contributed by atoms with Crippen LogP contribution in [0.15, 0.2) is 24.3 Å². The zero-order valence-electron chi connectivity index (χ0n) is 13.2. The highest BCUT2D eigenvalue weighted by molar-refractivity contribution is 8.07. The molecule has 1 N–H and O–H groups in total. The maximum Gasteiger partial charge on any atom is 0.0320 e. The molecule has 1 aliphatic heterocycles. The first-order valence-electron chi connectivity index (χ1n) is 8.37. The number of hydrogen-bond donors (Lipinski definition) is 1. The van der Waals surface area contributed by atoms with Crippen LogP contribution in [0, 0.1) is 0 Å². The van der Waals surface area contributed by atoms with Gasteiger partial charge in [0.05, 0.1) is 0 Å². The summed E-state index contributed by atoms with van der Waals surface area (Å²) in [7, 11) is 0. The minimum absolute atomic E-state index is 0.677. The molecule has 4 unspecified atom stereocenters. The highest BCUT2D eigenvalue weighted by atomic mass is 32.2. The van der Waals surface area contributed by atoms with Crippen molar-refractivity contribution in [2.24, 2.45) is 0 Å². The molecule has 1 fully saturated rings. The van der Waals surface area contributed by atoms with Gasteiger partial charge in [0.2, 0.25) is 0 Å². The van der Waals surface area contributed by atoms with Crippen LogP contribution in [0.2, 0.25) is 0 Å². The molecule has 1 aromatic rings. The van der Waals surface area contributed by atoms with Gasteiger partial charge in [-0.2, -0.15) is 23.5 Å². The molecule has 0 spiro atoms. The number of nitrogens with one attached hydrogen (secondary N) is 1. The van der Waals surface area contributed by atoms with Crippen molar-refractivity contribution in [3.05, 3.63) is 35.4 Å². The van der Waals surface area contributed by atoms with Gasteiger partial charge in [-0.15, -0.1) is 0 Å². The molecule has 0 bridgehead atoms. The van der Waals surface area contributed by atoms with Crippen LogP contribution >= 0.6 is 23.5 Å². The topological polar surface area (TPSA) is 12.0 Å². The highest BCUT2D eigenvalue weighted by Gasteiger charge is 2.35. The first-order valence-corrected chi connectivity index (χ1v) is 10.5. The Balaban J connectivity index is 1.67. The fraction of sp³-hybridized carbons (Fsp3) is 0.667. The molecule has 0 aromatic heterocycles. The van der Waals surface area contributed by atoms with Gasteiger partial charge in [-0.1, -0.05) is 38.1 Å². The summed E-state index contributed by atoms with van der Waals surface area (Å²) in [5.41, 5.74) is 3.19. The van der Waals surface area contributed by atoms with Gasteiger partial charge in [0.15, 0.2) is 0 Å². The molecular formula is C18H27NS2. The second-order valence-corrected chi connectivity index (χ2v) is 8.79. The average Bonchev–Trinajstić information content (AvgIpc) is 2.51. The lowest BCUT2D eigenvalue weighted by molar-refractivity contribution is 0.407.